The van der Waals surface area contributed by atoms with Crippen molar-refractivity contribution in [3.63, 3.8) is 0 Å². The molecule has 0 unspecified atom stereocenters. The molecule has 4 rings (SSSR count). The zero-order valence-electron chi connectivity index (χ0n) is 9.09. The normalized spacial score (nSPS) is 31.4. The van der Waals surface area contributed by atoms with E-state index in [1.807, 2.05) is 0 Å². The van der Waals surface area contributed by atoms with E-state index in [-0.39, 0.29) is 5.56 Å². The van der Waals surface area contributed by atoms with Gasteiger partial charge < -0.3 is 19.3 Å². The molecule has 5 nitrogen and oxygen atoms in total. The van der Waals surface area contributed by atoms with Crippen LogP contribution in [0.5, 0.6) is 0 Å². The van der Waals surface area contributed by atoms with Gasteiger partial charge in [-0.25, -0.2) is 4.79 Å². The fraction of sp³-hybridized carbons (Fsp3) is 0.417. The summed E-state index contributed by atoms with van der Waals surface area (Å²) in [7, 11) is 0. The Hall–Kier alpha value is -1.43. The minimum atomic E-state index is -1.13. The first-order valence-electron chi connectivity index (χ1n) is 5.45. The molecule has 1 aromatic carbocycles. The number of aromatic carboxylic acids is 1. The van der Waals surface area contributed by atoms with Gasteiger partial charge in [-0.2, -0.15) is 0 Å². The number of carbonyl (C=O) groups is 1. The SMILES string of the molecule is O=C(O)c1ccc(C23OCC(CO2)CO3)cc1. The molecule has 0 aromatic heterocycles. The second kappa shape index (κ2) is 3.80. The van der Waals surface area contributed by atoms with E-state index in [9.17, 15) is 4.79 Å². The van der Waals surface area contributed by atoms with Gasteiger partial charge in [-0.15, -0.1) is 0 Å². The van der Waals surface area contributed by atoms with Gasteiger partial charge in [0.25, 0.3) is 0 Å². The van der Waals surface area contributed by atoms with Gasteiger partial charge in [0.2, 0.25) is 0 Å². The lowest BCUT2D eigenvalue weighted by Crippen LogP contribution is -2.51. The molecule has 0 saturated carbocycles. The van der Waals surface area contributed by atoms with Crippen molar-refractivity contribution in [2.45, 2.75) is 5.97 Å². The van der Waals surface area contributed by atoms with Crippen LogP contribution in [0.4, 0.5) is 0 Å². The molecule has 0 aliphatic carbocycles. The third kappa shape index (κ3) is 1.72. The Morgan fingerprint density at radius 2 is 1.65 bits per heavy atom. The summed E-state index contributed by atoms with van der Waals surface area (Å²) in [5.41, 5.74) is 0.926. The molecule has 3 aliphatic rings. The topological polar surface area (TPSA) is 65.0 Å². The van der Waals surface area contributed by atoms with Crippen LogP contribution in [0, 0.1) is 5.92 Å². The van der Waals surface area contributed by atoms with E-state index >= 15 is 0 Å². The number of rotatable bonds is 2. The Morgan fingerprint density at radius 1 is 1.12 bits per heavy atom. The molecule has 0 radical (unpaired) electrons. The quantitative estimate of drug-likeness (QED) is 0.835. The largest absolute Gasteiger partial charge is 0.478 e. The van der Waals surface area contributed by atoms with Gasteiger partial charge in [-0.3, -0.25) is 0 Å². The number of hydrogen-bond donors (Lipinski definition) is 1. The van der Waals surface area contributed by atoms with Gasteiger partial charge in [0.05, 0.1) is 25.4 Å². The Bertz CT molecular complexity index is 417. The van der Waals surface area contributed by atoms with Crippen molar-refractivity contribution in [1.82, 2.24) is 0 Å². The number of hydrogen-bond acceptors (Lipinski definition) is 4. The van der Waals surface area contributed by atoms with E-state index < -0.39 is 11.9 Å². The van der Waals surface area contributed by atoms with E-state index in [1.165, 1.54) is 12.1 Å². The minimum Gasteiger partial charge on any atom is -0.478 e. The lowest BCUT2D eigenvalue weighted by Gasteiger charge is -2.45. The van der Waals surface area contributed by atoms with Crippen molar-refractivity contribution in [2.75, 3.05) is 19.8 Å². The Morgan fingerprint density at radius 3 is 2.12 bits per heavy atom. The highest BCUT2D eigenvalue weighted by Crippen LogP contribution is 2.38. The Kier molecular flexibility index (Phi) is 2.39. The predicted molar refractivity (Wildman–Crippen MR) is 56.4 cm³/mol. The Balaban J connectivity index is 1.90. The first-order valence-corrected chi connectivity index (χ1v) is 5.45. The van der Waals surface area contributed by atoms with Crippen LogP contribution in [0.25, 0.3) is 0 Å². The summed E-state index contributed by atoms with van der Waals surface area (Å²) < 4.78 is 16.7. The molecule has 3 saturated heterocycles. The van der Waals surface area contributed by atoms with Crippen LogP contribution in [0.2, 0.25) is 0 Å². The van der Waals surface area contributed by atoms with Gasteiger partial charge in [0.15, 0.2) is 0 Å². The average Bonchev–Trinajstić information content (AvgIpc) is 2.41. The smallest absolute Gasteiger partial charge is 0.335 e. The number of fused-ring (bicyclic) bond motifs is 3. The molecule has 0 atom stereocenters. The minimum absolute atomic E-state index is 0.231. The van der Waals surface area contributed by atoms with E-state index in [0.717, 1.165) is 0 Å². The molecule has 1 aromatic rings. The lowest BCUT2D eigenvalue weighted by atomic mass is 10.1. The van der Waals surface area contributed by atoms with Crippen LogP contribution in [0.15, 0.2) is 24.3 Å². The van der Waals surface area contributed by atoms with Crippen molar-refractivity contribution in [3.8, 4) is 0 Å². The second-order valence-electron chi connectivity index (χ2n) is 4.24. The molecule has 3 fully saturated rings. The summed E-state index contributed by atoms with van der Waals surface area (Å²) in [4.78, 5) is 10.8. The van der Waals surface area contributed by atoms with Gasteiger partial charge in [-0.05, 0) is 12.1 Å². The second-order valence-corrected chi connectivity index (χ2v) is 4.24. The van der Waals surface area contributed by atoms with Crippen LogP contribution < -0.4 is 0 Å². The molecule has 17 heavy (non-hydrogen) atoms. The van der Waals surface area contributed by atoms with Gasteiger partial charge >= 0.3 is 11.9 Å². The maximum absolute atomic E-state index is 10.8. The molecule has 3 aliphatic heterocycles. The summed E-state index contributed by atoms with van der Waals surface area (Å²) in [5, 5.41) is 8.82. The standard InChI is InChI=1S/C12H12O5/c13-11(14)9-1-3-10(4-2-9)12-15-5-8(6-16-12)7-17-12/h1-4,8H,5-7H2,(H,13,14). The first kappa shape index (κ1) is 10.7. The zero-order chi connectivity index (χ0) is 11.9. The molecule has 0 amide bonds. The first-order chi connectivity index (χ1) is 8.20. The highest BCUT2D eigenvalue weighted by molar-refractivity contribution is 5.87. The summed E-state index contributed by atoms with van der Waals surface area (Å²) in [6.07, 6.45) is 0. The van der Waals surface area contributed by atoms with Crippen LogP contribution in [0.3, 0.4) is 0 Å². The summed E-state index contributed by atoms with van der Waals surface area (Å²) in [5.74, 6) is -1.79. The van der Waals surface area contributed by atoms with E-state index in [4.69, 9.17) is 19.3 Å². The molecular weight excluding hydrogens is 224 g/mol. The fourth-order valence-electron chi connectivity index (χ4n) is 2.02. The molecule has 5 heteroatoms. The summed E-state index contributed by atoms with van der Waals surface area (Å²) in [6, 6.07) is 6.36. The zero-order valence-corrected chi connectivity index (χ0v) is 9.09. The van der Waals surface area contributed by atoms with Crippen LogP contribution >= 0.6 is 0 Å². The monoisotopic (exact) mass is 236 g/mol. The number of benzene rings is 1. The van der Waals surface area contributed by atoms with Crippen LogP contribution in [0.1, 0.15) is 15.9 Å². The van der Waals surface area contributed by atoms with Crippen molar-refractivity contribution >= 4 is 5.97 Å². The van der Waals surface area contributed by atoms with Crippen LogP contribution in [-0.2, 0) is 20.2 Å². The molecular formula is C12H12O5. The summed E-state index contributed by atoms with van der Waals surface area (Å²) in [6.45, 7) is 1.84. The third-order valence-corrected chi connectivity index (χ3v) is 3.01. The van der Waals surface area contributed by atoms with Crippen molar-refractivity contribution < 1.29 is 24.1 Å². The summed E-state index contributed by atoms with van der Waals surface area (Å²) >= 11 is 0. The highest BCUT2D eigenvalue weighted by atomic mass is 16.9. The van der Waals surface area contributed by atoms with Crippen molar-refractivity contribution in [2.24, 2.45) is 5.92 Å². The van der Waals surface area contributed by atoms with Gasteiger partial charge in [0, 0.05) is 11.5 Å². The highest BCUT2D eigenvalue weighted by Gasteiger charge is 2.46. The molecule has 1 N–H and O–H groups in total. The van der Waals surface area contributed by atoms with Crippen molar-refractivity contribution in [1.29, 1.82) is 0 Å². The average molecular weight is 236 g/mol. The van der Waals surface area contributed by atoms with Gasteiger partial charge in [-0.1, -0.05) is 12.1 Å². The molecule has 2 bridgehead atoms. The number of ether oxygens (including phenoxy) is 3. The maximum atomic E-state index is 10.8. The van der Waals surface area contributed by atoms with E-state index in [2.05, 4.69) is 0 Å². The molecule has 0 spiro atoms. The number of carboxylic acids is 1. The lowest BCUT2D eigenvalue weighted by molar-refractivity contribution is -0.460. The number of carboxylic acid groups (broad SMARTS) is 1. The molecule has 3 heterocycles. The third-order valence-electron chi connectivity index (χ3n) is 3.01. The maximum Gasteiger partial charge on any atom is 0.335 e. The van der Waals surface area contributed by atoms with Crippen molar-refractivity contribution in [3.05, 3.63) is 35.4 Å². The van der Waals surface area contributed by atoms with E-state index in [1.54, 1.807) is 12.1 Å². The Labute approximate surface area is 97.9 Å². The van der Waals surface area contributed by atoms with Gasteiger partial charge in [0.1, 0.15) is 0 Å². The molecule has 90 valence electrons. The van der Waals surface area contributed by atoms with Crippen LogP contribution in [-0.4, -0.2) is 30.9 Å². The van der Waals surface area contributed by atoms with E-state index in [0.29, 0.717) is 31.3 Å². The predicted octanol–water partition coefficient (Wildman–Crippen LogP) is 1.19. The fourth-order valence-corrected chi connectivity index (χ4v) is 2.02.